The quantitative estimate of drug-likeness (QED) is 0.808. The lowest BCUT2D eigenvalue weighted by Gasteiger charge is -2.31. The van der Waals surface area contributed by atoms with E-state index in [9.17, 15) is 5.11 Å². The van der Waals surface area contributed by atoms with Crippen molar-refractivity contribution in [1.82, 2.24) is 19.2 Å². The normalized spacial score (nSPS) is 23.6. The number of likely N-dealkylation sites (tertiary alicyclic amines) is 1. The number of nitrogens with zero attached hydrogens (tertiary/aromatic N) is 4. The van der Waals surface area contributed by atoms with Gasteiger partial charge in [0, 0.05) is 19.7 Å². The summed E-state index contributed by atoms with van der Waals surface area (Å²) in [4.78, 5) is 2.38. The highest BCUT2D eigenvalue weighted by molar-refractivity contribution is 7.71. The number of rotatable bonds is 6. The largest absolute Gasteiger partial charge is 0.388 e. The Hall–Kier alpha value is -0.760. The van der Waals surface area contributed by atoms with Crippen molar-refractivity contribution >= 4 is 12.2 Å². The summed E-state index contributed by atoms with van der Waals surface area (Å²) in [6.45, 7) is 3.60. The standard InChI is InChI=1S/C14H24N4O2S/c1-20-9-11-3-2-6-16(7-11)10-17-14(21)18(12-4-5-12)13(8-19)15-17/h11-12,19H,2-10H2,1H3. The van der Waals surface area contributed by atoms with Crippen molar-refractivity contribution < 1.29 is 9.84 Å². The molecule has 2 aliphatic rings. The van der Waals surface area contributed by atoms with Gasteiger partial charge in [0.1, 0.15) is 6.61 Å². The second-order valence-electron chi connectivity index (χ2n) is 6.14. The number of methoxy groups -OCH3 is 1. The zero-order valence-electron chi connectivity index (χ0n) is 12.6. The molecule has 6 nitrogen and oxygen atoms in total. The number of aliphatic hydroxyl groups excluding tert-OH is 1. The van der Waals surface area contributed by atoms with E-state index in [0.717, 1.165) is 37.3 Å². The molecule has 1 saturated heterocycles. The number of hydrogen-bond acceptors (Lipinski definition) is 5. The van der Waals surface area contributed by atoms with Crippen molar-refractivity contribution in [1.29, 1.82) is 0 Å². The van der Waals surface area contributed by atoms with Crippen LogP contribution >= 0.6 is 12.2 Å². The van der Waals surface area contributed by atoms with Crippen LogP contribution in [0.2, 0.25) is 0 Å². The number of aliphatic hydroxyl groups is 1. The third-order valence-corrected chi connectivity index (χ3v) is 4.74. The molecular formula is C14H24N4O2S. The Kier molecular flexibility index (Phi) is 4.73. The van der Waals surface area contributed by atoms with Crippen LogP contribution in [-0.4, -0.2) is 51.2 Å². The van der Waals surface area contributed by atoms with Gasteiger partial charge in [-0.3, -0.25) is 9.47 Å². The van der Waals surface area contributed by atoms with Gasteiger partial charge in [0.2, 0.25) is 0 Å². The monoisotopic (exact) mass is 312 g/mol. The maximum atomic E-state index is 9.48. The summed E-state index contributed by atoms with van der Waals surface area (Å²) in [5.74, 6) is 1.30. The van der Waals surface area contributed by atoms with Crippen LogP contribution in [0.3, 0.4) is 0 Å². The molecule has 0 radical (unpaired) electrons. The summed E-state index contributed by atoms with van der Waals surface area (Å²) >= 11 is 5.55. The predicted octanol–water partition coefficient (Wildman–Crippen LogP) is 1.56. The minimum Gasteiger partial charge on any atom is -0.388 e. The molecule has 1 N–H and O–H groups in total. The van der Waals surface area contributed by atoms with Gasteiger partial charge in [0.05, 0.1) is 13.3 Å². The lowest BCUT2D eigenvalue weighted by atomic mass is 9.99. The van der Waals surface area contributed by atoms with Crippen LogP contribution in [0.15, 0.2) is 0 Å². The second-order valence-corrected chi connectivity index (χ2v) is 6.50. The fourth-order valence-electron chi connectivity index (χ4n) is 3.21. The summed E-state index contributed by atoms with van der Waals surface area (Å²) in [7, 11) is 1.76. The summed E-state index contributed by atoms with van der Waals surface area (Å²) < 4.78 is 9.93. The first kappa shape index (κ1) is 15.1. The van der Waals surface area contributed by atoms with Gasteiger partial charge in [0.15, 0.2) is 10.6 Å². The maximum absolute atomic E-state index is 9.48. The predicted molar refractivity (Wildman–Crippen MR) is 81.4 cm³/mol. The molecule has 21 heavy (non-hydrogen) atoms. The van der Waals surface area contributed by atoms with Crippen molar-refractivity contribution in [3.63, 3.8) is 0 Å². The van der Waals surface area contributed by atoms with E-state index in [1.165, 1.54) is 12.8 Å². The van der Waals surface area contributed by atoms with Gasteiger partial charge < -0.3 is 9.84 Å². The second kappa shape index (κ2) is 6.56. The lowest BCUT2D eigenvalue weighted by molar-refractivity contribution is 0.0724. The van der Waals surface area contributed by atoms with E-state index in [2.05, 4.69) is 10.00 Å². The first-order chi connectivity index (χ1) is 10.2. The van der Waals surface area contributed by atoms with Gasteiger partial charge in [-0.1, -0.05) is 0 Å². The fourth-order valence-corrected chi connectivity index (χ4v) is 3.56. The molecule has 1 aliphatic heterocycles. The van der Waals surface area contributed by atoms with E-state index in [-0.39, 0.29) is 6.61 Å². The van der Waals surface area contributed by atoms with E-state index in [1.807, 2.05) is 9.25 Å². The van der Waals surface area contributed by atoms with Crippen LogP contribution in [0, 0.1) is 10.7 Å². The minimum atomic E-state index is -0.0422. The van der Waals surface area contributed by atoms with Crippen molar-refractivity contribution in [2.45, 2.75) is 45.0 Å². The Balaban J connectivity index is 1.71. The van der Waals surface area contributed by atoms with Crippen molar-refractivity contribution in [3.8, 4) is 0 Å². The fraction of sp³-hybridized carbons (Fsp3) is 0.857. The molecule has 0 amide bonds. The van der Waals surface area contributed by atoms with Gasteiger partial charge in [0.25, 0.3) is 0 Å². The first-order valence-electron chi connectivity index (χ1n) is 7.73. The average Bonchev–Trinajstić information content (AvgIpc) is 3.26. The molecule has 2 heterocycles. The zero-order valence-corrected chi connectivity index (χ0v) is 13.4. The minimum absolute atomic E-state index is 0.0422. The summed E-state index contributed by atoms with van der Waals surface area (Å²) in [5.41, 5.74) is 0. The molecule has 1 aromatic heterocycles. The van der Waals surface area contributed by atoms with Crippen LogP contribution in [0.4, 0.5) is 0 Å². The first-order valence-corrected chi connectivity index (χ1v) is 8.14. The van der Waals surface area contributed by atoms with Gasteiger partial charge in [-0.2, -0.15) is 5.10 Å². The lowest BCUT2D eigenvalue weighted by Crippen LogP contribution is -2.38. The maximum Gasteiger partial charge on any atom is 0.199 e. The molecule has 0 spiro atoms. The molecule has 0 bridgehead atoms. The third kappa shape index (κ3) is 3.36. The Morgan fingerprint density at radius 1 is 1.38 bits per heavy atom. The van der Waals surface area contributed by atoms with E-state index in [1.54, 1.807) is 7.11 Å². The van der Waals surface area contributed by atoms with Crippen LogP contribution in [0.1, 0.15) is 37.5 Å². The molecule has 1 unspecified atom stereocenters. The molecule has 2 fully saturated rings. The number of aromatic nitrogens is 3. The summed E-state index contributed by atoms with van der Waals surface area (Å²) in [6.07, 6.45) is 4.71. The Bertz CT molecular complexity index is 536. The van der Waals surface area contributed by atoms with Crippen LogP contribution in [0.25, 0.3) is 0 Å². The van der Waals surface area contributed by atoms with Gasteiger partial charge in [-0.15, -0.1) is 0 Å². The highest BCUT2D eigenvalue weighted by Crippen LogP contribution is 2.36. The molecule has 3 rings (SSSR count). The van der Waals surface area contributed by atoms with E-state index in [0.29, 0.717) is 24.5 Å². The Labute approximate surface area is 130 Å². The zero-order chi connectivity index (χ0) is 14.8. The van der Waals surface area contributed by atoms with Crippen molar-refractivity contribution in [3.05, 3.63) is 10.6 Å². The van der Waals surface area contributed by atoms with Crippen LogP contribution in [-0.2, 0) is 18.0 Å². The van der Waals surface area contributed by atoms with E-state index in [4.69, 9.17) is 17.0 Å². The molecule has 1 aromatic rings. The Morgan fingerprint density at radius 2 is 2.19 bits per heavy atom. The van der Waals surface area contributed by atoms with Gasteiger partial charge in [-0.05, 0) is 50.4 Å². The summed E-state index contributed by atoms with van der Waals surface area (Å²) in [5, 5.41) is 14.0. The van der Waals surface area contributed by atoms with E-state index < -0.39 is 0 Å². The average molecular weight is 312 g/mol. The van der Waals surface area contributed by atoms with Gasteiger partial charge in [-0.25, -0.2) is 4.68 Å². The van der Waals surface area contributed by atoms with Crippen LogP contribution in [0.5, 0.6) is 0 Å². The number of hydrogen-bond donors (Lipinski definition) is 1. The van der Waals surface area contributed by atoms with Crippen molar-refractivity contribution in [2.24, 2.45) is 5.92 Å². The highest BCUT2D eigenvalue weighted by atomic mass is 32.1. The van der Waals surface area contributed by atoms with Gasteiger partial charge >= 0.3 is 0 Å². The smallest absolute Gasteiger partial charge is 0.199 e. The van der Waals surface area contributed by atoms with E-state index >= 15 is 0 Å². The Morgan fingerprint density at radius 3 is 2.86 bits per heavy atom. The molecule has 118 valence electrons. The molecule has 1 atom stereocenters. The SMILES string of the molecule is COCC1CCCN(Cn2nc(CO)n(C3CC3)c2=S)C1. The summed E-state index contributed by atoms with van der Waals surface area (Å²) in [6, 6.07) is 0.455. The van der Waals surface area contributed by atoms with Crippen LogP contribution < -0.4 is 0 Å². The topological polar surface area (TPSA) is 55.4 Å². The van der Waals surface area contributed by atoms with Crippen molar-refractivity contribution in [2.75, 3.05) is 26.8 Å². The molecule has 1 saturated carbocycles. The molecule has 7 heteroatoms. The highest BCUT2D eigenvalue weighted by Gasteiger charge is 2.29. The number of ether oxygens (including phenoxy) is 1. The third-order valence-electron chi connectivity index (χ3n) is 4.33. The number of piperidine rings is 1. The molecular weight excluding hydrogens is 288 g/mol. The molecule has 0 aromatic carbocycles. The molecule has 1 aliphatic carbocycles.